The van der Waals surface area contributed by atoms with Gasteiger partial charge in [-0.25, -0.2) is 9.13 Å². The van der Waals surface area contributed by atoms with Crippen molar-refractivity contribution in [3.05, 3.63) is 0 Å². The number of unbranched alkanes of at least 4 members (excludes halogenated alkanes) is 37. The lowest BCUT2D eigenvalue weighted by molar-refractivity contribution is -0.161. The number of hydrogen-bond donors (Lipinski definition) is 3. The second-order valence-electron chi connectivity index (χ2n) is 28.7. The zero-order chi connectivity index (χ0) is 69.6. The Balaban J connectivity index is 5.25. The third kappa shape index (κ3) is 67.3. The van der Waals surface area contributed by atoms with Crippen LogP contribution in [0.25, 0.3) is 0 Å². The van der Waals surface area contributed by atoms with Gasteiger partial charge in [-0.05, 0) is 49.4 Å². The van der Waals surface area contributed by atoms with Crippen LogP contribution in [0.3, 0.4) is 0 Å². The smallest absolute Gasteiger partial charge is 0.462 e. The number of ether oxygens (including phenoxy) is 4. The van der Waals surface area contributed by atoms with Crippen LogP contribution in [0.15, 0.2) is 0 Å². The van der Waals surface area contributed by atoms with Gasteiger partial charge in [0.15, 0.2) is 12.2 Å². The van der Waals surface area contributed by atoms with E-state index in [0.29, 0.717) is 25.7 Å². The van der Waals surface area contributed by atoms with E-state index in [0.717, 1.165) is 120 Å². The minimum atomic E-state index is -4.96. The molecule has 0 rings (SSSR count). The van der Waals surface area contributed by atoms with Crippen molar-refractivity contribution in [1.82, 2.24) is 0 Å². The maximum Gasteiger partial charge on any atom is 0.472 e. The Kier molecular flexibility index (Phi) is 63.1. The lowest BCUT2D eigenvalue weighted by Gasteiger charge is -2.21. The molecule has 6 atom stereocenters. The molecule has 0 aliphatic carbocycles. The molecule has 0 fully saturated rings. The van der Waals surface area contributed by atoms with E-state index in [4.69, 9.17) is 37.0 Å². The Morgan fingerprint density at radius 3 is 0.755 bits per heavy atom. The highest BCUT2D eigenvalue weighted by Crippen LogP contribution is 2.45. The molecule has 558 valence electrons. The molecule has 0 aromatic heterocycles. The lowest BCUT2D eigenvalue weighted by atomic mass is 10.00. The average molecular weight is 1380 g/mol. The van der Waals surface area contributed by atoms with Gasteiger partial charge in [-0.15, -0.1) is 0 Å². The third-order valence-corrected chi connectivity index (χ3v) is 19.6. The lowest BCUT2D eigenvalue weighted by Crippen LogP contribution is -2.30. The maximum absolute atomic E-state index is 13.1. The van der Waals surface area contributed by atoms with Gasteiger partial charge in [0.2, 0.25) is 0 Å². The van der Waals surface area contributed by atoms with Crippen LogP contribution in [-0.2, 0) is 65.4 Å². The number of hydrogen-bond acceptors (Lipinski definition) is 15. The molecule has 0 spiro atoms. The van der Waals surface area contributed by atoms with E-state index in [1.807, 2.05) is 0 Å². The van der Waals surface area contributed by atoms with Gasteiger partial charge in [-0.3, -0.25) is 37.3 Å². The van der Waals surface area contributed by atoms with E-state index >= 15 is 0 Å². The van der Waals surface area contributed by atoms with E-state index in [9.17, 15) is 43.2 Å². The summed E-state index contributed by atoms with van der Waals surface area (Å²) in [7, 11) is -9.91. The molecule has 3 unspecified atom stereocenters. The van der Waals surface area contributed by atoms with Crippen molar-refractivity contribution < 1.29 is 80.2 Å². The SMILES string of the molecule is CCC(C)CCCCCCCCC(=O)OC[C@H](COP(=O)(O)OC[C@H](O)COP(=O)(O)OC[C@@H](COC(=O)CCCCCCCCCCCC(C)C)OC(=O)CCCCCCCCCCCCCCCC(C)C)OC(=O)CCCCCCCCCCCCCCCC(C)C. The number of carbonyl (C=O) groups excluding carboxylic acids is 4. The molecule has 3 N–H and O–H groups in total. The van der Waals surface area contributed by atoms with E-state index < -0.39 is 97.5 Å². The largest absolute Gasteiger partial charge is 0.472 e. The molecule has 0 bridgehead atoms. The molecule has 19 heteroatoms. The molecule has 0 heterocycles. The summed E-state index contributed by atoms with van der Waals surface area (Å²) in [5.41, 5.74) is 0. The molecule has 0 amide bonds. The molecule has 0 aromatic carbocycles. The first-order valence-electron chi connectivity index (χ1n) is 38.7. The standard InChI is InChI=1S/C75H146O17P2/c1-9-68(8)54-46-38-33-34-40-48-56-73(78)86-62-71(92-75(80)58-50-42-32-25-19-15-11-13-17-22-28-36-44-52-66(4)5)64-90-94(83,84)88-60-69(76)59-87-93(81,82)89-63-70(61-85-72(77)55-47-39-30-26-20-23-29-37-45-53-67(6)7)91-74(79)57-49-41-31-24-18-14-10-12-16-21-27-35-43-51-65(2)3/h65-71,76H,9-64H2,1-8H3,(H,81,82)(H,83,84)/t68?,69-,70-,71-/m1/s1. The van der Waals surface area contributed by atoms with Crippen molar-refractivity contribution in [3.63, 3.8) is 0 Å². The number of aliphatic hydroxyl groups excluding tert-OH is 1. The van der Waals surface area contributed by atoms with Crippen LogP contribution >= 0.6 is 15.6 Å². The highest BCUT2D eigenvalue weighted by Gasteiger charge is 2.30. The second-order valence-corrected chi connectivity index (χ2v) is 31.6. The van der Waals surface area contributed by atoms with Crippen LogP contribution in [0.2, 0.25) is 0 Å². The molecule has 94 heavy (non-hydrogen) atoms. The summed E-state index contributed by atoms with van der Waals surface area (Å²) < 4.78 is 68.5. The summed E-state index contributed by atoms with van der Waals surface area (Å²) in [6.07, 6.45) is 48.5. The molecule has 0 aliphatic rings. The molecule has 17 nitrogen and oxygen atoms in total. The van der Waals surface area contributed by atoms with Crippen molar-refractivity contribution in [2.24, 2.45) is 23.7 Å². The zero-order valence-electron chi connectivity index (χ0n) is 61.6. The summed E-state index contributed by atoms with van der Waals surface area (Å²) in [5, 5.41) is 10.6. The predicted molar refractivity (Wildman–Crippen MR) is 381 cm³/mol. The van der Waals surface area contributed by atoms with Crippen molar-refractivity contribution in [3.8, 4) is 0 Å². The van der Waals surface area contributed by atoms with Crippen LogP contribution < -0.4 is 0 Å². The van der Waals surface area contributed by atoms with Gasteiger partial charge in [-0.1, -0.05) is 325 Å². The fraction of sp³-hybridized carbons (Fsp3) is 0.947. The zero-order valence-corrected chi connectivity index (χ0v) is 63.4. The van der Waals surface area contributed by atoms with Crippen molar-refractivity contribution in [2.75, 3.05) is 39.6 Å². The van der Waals surface area contributed by atoms with Crippen molar-refractivity contribution in [2.45, 2.75) is 395 Å². The van der Waals surface area contributed by atoms with Gasteiger partial charge < -0.3 is 33.8 Å². The molecular formula is C75H146O17P2. The van der Waals surface area contributed by atoms with Crippen LogP contribution in [0.5, 0.6) is 0 Å². The number of aliphatic hydroxyl groups is 1. The maximum atomic E-state index is 13.1. The number of carbonyl (C=O) groups is 4. The van der Waals surface area contributed by atoms with Gasteiger partial charge in [0.25, 0.3) is 0 Å². The summed E-state index contributed by atoms with van der Waals surface area (Å²) in [6, 6.07) is 0. The molecule has 0 saturated heterocycles. The number of phosphoric acid groups is 2. The first kappa shape index (κ1) is 92.1. The topological polar surface area (TPSA) is 237 Å². The van der Waals surface area contributed by atoms with Gasteiger partial charge in [0.05, 0.1) is 26.4 Å². The molecular weight excluding hydrogens is 1230 g/mol. The predicted octanol–water partition coefficient (Wildman–Crippen LogP) is 21.7. The first-order chi connectivity index (χ1) is 45.1. The minimum Gasteiger partial charge on any atom is -0.462 e. The van der Waals surface area contributed by atoms with E-state index in [2.05, 4.69) is 55.4 Å². The summed E-state index contributed by atoms with van der Waals surface area (Å²) in [4.78, 5) is 72.8. The van der Waals surface area contributed by atoms with E-state index in [-0.39, 0.29) is 25.7 Å². The highest BCUT2D eigenvalue weighted by atomic mass is 31.2. The minimum absolute atomic E-state index is 0.106. The Bertz CT molecular complexity index is 1850. The number of rotatable bonds is 72. The fourth-order valence-corrected chi connectivity index (χ4v) is 12.9. The van der Waals surface area contributed by atoms with Gasteiger partial charge in [0.1, 0.15) is 19.3 Å². The van der Waals surface area contributed by atoms with Crippen molar-refractivity contribution in [1.29, 1.82) is 0 Å². The van der Waals surface area contributed by atoms with E-state index in [1.54, 1.807) is 0 Å². The third-order valence-electron chi connectivity index (χ3n) is 17.7. The second kappa shape index (κ2) is 64.4. The fourth-order valence-electron chi connectivity index (χ4n) is 11.3. The highest BCUT2D eigenvalue weighted by molar-refractivity contribution is 7.47. The van der Waals surface area contributed by atoms with Crippen LogP contribution in [-0.4, -0.2) is 96.7 Å². The molecule has 0 saturated carbocycles. The molecule has 0 radical (unpaired) electrons. The number of esters is 4. The van der Waals surface area contributed by atoms with Gasteiger partial charge >= 0.3 is 39.5 Å². The normalized spacial score (nSPS) is 14.4. The van der Waals surface area contributed by atoms with Gasteiger partial charge in [-0.2, -0.15) is 0 Å². The van der Waals surface area contributed by atoms with Crippen LogP contribution in [0, 0.1) is 23.7 Å². The average Bonchev–Trinajstić information content (AvgIpc) is 2.48. The Morgan fingerprint density at radius 2 is 0.511 bits per heavy atom. The summed E-state index contributed by atoms with van der Waals surface area (Å²) >= 11 is 0. The summed E-state index contributed by atoms with van der Waals surface area (Å²) in [5.74, 6) is 0.925. The molecule has 0 aromatic rings. The van der Waals surface area contributed by atoms with Crippen LogP contribution in [0.1, 0.15) is 376 Å². The number of phosphoric ester groups is 2. The van der Waals surface area contributed by atoms with Crippen molar-refractivity contribution >= 4 is 39.5 Å². The van der Waals surface area contributed by atoms with E-state index in [1.165, 1.54) is 173 Å². The Hall–Kier alpha value is -1.94. The monoisotopic (exact) mass is 1380 g/mol. The molecule has 0 aliphatic heterocycles. The summed E-state index contributed by atoms with van der Waals surface area (Å²) in [6.45, 7) is 14.2. The quantitative estimate of drug-likeness (QED) is 0.0222. The van der Waals surface area contributed by atoms with Gasteiger partial charge in [0, 0.05) is 25.7 Å². The Labute approximate surface area is 575 Å². The van der Waals surface area contributed by atoms with Crippen LogP contribution in [0.4, 0.5) is 0 Å². The first-order valence-corrected chi connectivity index (χ1v) is 41.7. The Morgan fingerprint density at radius 1 is 0.298 bits per heavy atom.